The second-order valence-corrected chi connectivity index (χ2v) is 9.96. The Kier molecular flexibility index (Phi) is 9.52. The third-order valence-corrected chi connectivity index (χ3v) is 7.46. The Morgan fingerprint density at radius 2 is 1.69 bits per heavy atom. The van der Waals surface area contributed by atoms with E-state index in [1.165, 1.54) is 30.4 Å². The largest absolute Gasteiger partial charge is 0.481 e. The first-order valence-corrected chi connectivity index (χ1v) is 13.2. The molecule has 0 unspecified atom stereocenters. The van der Waals surface area contributed by atoms with Crippen LogP contribution in [0.4, 0.5) is 0 Å². The quantitative estimate of drug-likeness (QED) is 0.322. The zero-order chi connectivity index (χ0) is 24.5. The molecule has 1 heterocycles. The van der Waals surface area contributed by atoms with E-state index >= 15 is 0 Å². The van der Waals surface area contributed by atoms with Crippen LogP contribution in [0.2, 0.25) is 0 Å². The van der Waals surface area contributed by atoms with Gasteiger partial charge in [-0.15, -0.1) is 0 Å². The molecule has 2 N–H and O–H groups in total. The van der Waals surface area contributed by atoms with E-state index in [9.17, 15) is 9.90 Å². The van der Waals surface area contributed by atoms with Crippen molar-refractivity contribution < 1.29 is 19.7 Å². The molecule has 188 valence electrons. The molecular weight excluding hydrogens is 438 g/mol. The van der Waals surface area contributed by atoms with Gasteiger partial charge in [0.05, 0.1) is 18.8 Å². The summed E-state index contributed by atoms with van der Waals surface area (Å²) in [5.41, 5.74) is 3.55. The third kappa shape index (κ3) is 7.26. The molecule has 4 rings (SSSR count). The zero-order valence-electron chi connectivity index (χ0n) is 20.6. The van der Waals surface area contributed by atoms with E-state index in [4.69, 9.17) is 9.84 Å². The Hall–Kier alpha value is -2.47. The summed E-state index contributed by atoms with van der Waals surface area (Å²) in [6.07, 6.45) is 10.7. The van der Waals surface area contributed by atoms with Crippen molar-refractivity contribution in [2.75, 3.05) is 13.1 Å². The molecule has 2 aromatic rings. The number of aliphatic hydroxyl groups is 1. The van der Waals surface area contributed by atoms with E-state index in [0.29, 0.717) is 19.4 Å². The molecule has 0 bridgehead atoms. The molecule has 5 heteroatoms. The normalized spacial score (nSPS) is 25.3. The van der Waals surface area contributed by atoms with E-state index < -0.39 is 5.97 Å². The highest BCUT2D eigenvalue weighted by Crippen LogP contribution is 2.37. The molecule has 1 aliphatic carbocycles. The van der Waals surface area contributed by atoms with Gasteiger partial charge < -0.3 is 14.9 Å². The Bertz CT molecular complexity index is 937. The number of allylic oxidation sites excluding steroid dienone is 2. The van der Waals surface area contributed by atoms with Crippen LogP contribution in [0, 0.1) is 5.92 Å². The van der Waals surface area contributed by atoms with Gasteiger partial charge in [-0.05, 0) is 61.9 Å². The smallest absolute Gasteiger partial charge is 0.303 e. The molecule has 1 saturated carbocycles. The first-order chi connectivity index (χ1) is 17.1. The number of aliphatic carboxylic acids is 1. The predicted octanol–water partition coefficient (Wildman–Crippen LogP) is 5.68. The number of aliphatic hydroxyl groups excluding tert-OH is 1. The van der Waals surface area contributed by atoms with Crippen molar-refractivity contribution in [1.29, 1.82) is 0 Å². The Balaban J connectivity index is 1.38. The summed E-state index contributed by atoms with van der Waals surface area (Å²) in [4.78, 5) is 13.2. The van der Waals surface area contributed by atoms with E-state index in [1.54, 1.807) is 0 Å². The predicted molar refractivity (Wildman–Crippen MR) is 139 cm³/mol. The van der Waals surface area contributed by atoms with Gasteiger partial charge >= 0.3 is 5.97 Å². The van der Waals surface area contributed by atoms with Crippen LogP contribution in [-0.2, 0) is 16.1 Å². The highest BCUT2D eigenvalue weighted by molar-refractivity contribution is 5.66. The summed E-state index contributed by atoms with van der Waals surface area (Å²) in [6, 6.07) is 19.0. The number of nitrogens with zero attached hydrogens (tertiary/aromatic N) is 1. The Morgan fingerprint density at radius 1 is 0.971 bits per heavy atom. The number of carbonyl (C=O) groups is 1. The second kappa shape index (κ2) is 13.0. The van der Waals surface area contributed by atoms with Gasteiger partial charge in [0.1, 0.15) is 0 Å². The third-order valence-electron chi connectivity index (χ3n) is 7.46. The number of hydrogen-bond donors (Lipinski definition) is 2. The van der Waals surface area contributed by atoms with E-state index in [1.807, 2.05) is 6.07 Å². The van der Waals surface area contributed by atoms with Gasteiger partial charge in [-0.1, -0.05) is 73.2 Å². The van der Waals surface area contributed by atoms with Crippen LogP contribution in [0.1, 0.15) is 56.9 Å². The molecule has 2 aliphatic rings. The van der Waals surface area contributed by atoms with Crippen molar-refractivity contribution in [1.82, 2.24) is 4.90 Å². The van der Waals surface area contributed by atoms with Gasteiger partial charge in [0, 0.05) is 24.8 Å². The van der Waals surface area contributed by atoms with Gasteiger partial charge in [0.25, 0.3) is 0 Å². The fraction of sp³-hybridized carbons (Fsp3) is 0.500. The van der Waals surface area contributed by atoms with Crippen LogP contribution in [0.15, 0.2) is 66.7 Å². The van der Waals surface area contributed by atoms with Crippen LogP contribution in [0.25, 0.3) is 11.1 Å². The number of rotatable bonds is 11. The monoisotopic (exact) mass is 477 g/mol. The SMILES string of the molecule is O=C(O)CCCC=CC[C@@H]1[C@@H](N2CCCCC2)[C@H](O)C[C@@H]1OCc1ccc(-c2ccccc2)cc1. The summed E-state index contributed by atoms with van der Waals surface area (Å²) in [5.74, 6) is -0.504. The lowest BCUT2D eigenvalue weighted by molar-refractivity contribution is -0.137. The van der Waals surface area contributed by atoms with Crippen molar-refractivity contribution in [2.45, 2.75) is 76.2 Å². The number of likely N-dealkylation sites (tertiary alicyclic amines) is 1. The summed E-state index contributed by atoms with van der Waals surface area (Å²) in [5, 5.41) is 19.9. The summed E-state index contributed by atoms with van der Waals surface area (Å²) >= 11 is 0. The number of hydrogen-bond acceptors (Lipinski definition) is 4. The molecule has 1 saturated heterocycles. The standard InChI is InChI=1S/C30H39NO4/c32-27-21-28(35-22-23-15-17-25(18-16-23)24-11-5-3-6-12-24)26(13-7-1-2-8-14-29(33)34)30(27)31-19-9-4-10-20-31/h1,3,5-7,11-12,15-18,26-28,30,32H,2,4,8-10,13-14,19-22H2,(H,33,34)/t26-,27+,28-,30+/m0/s1. The molecule has 2 aromatic carbocycles. The maximum Gasteiger partial charge on any atom is 0.303 e. The molecule has 0 spiro atoms. The van der Waals surface area contributed by atoms with Crippen LogP contribution in [-0.4, -0.2) is 52.4 Å². The summed E-state index contributed by atoms with van der Waals surface area (Å²) < 4.78 is 6.45. The lowest BCUT2D eigenvalue weighted by Gasteiger charge is -2.37. The van der Waals surface area contributed by atoms with E-state index in [2.05, 4.69) is 65.6 Å². The van der Waals surface area contributed by atoms with Gasteiger partial charge in [-0.2, -0.15) is 0 Å². The number of ether oxygens (including phenoxy) is 1. The molecule has 5 nitrogen and oxygen atoms in total. The molecule has 0 amide bonds. The van der Waals surface area contributed by atoms with Gasteiger partial charge in [0.2, 0.25) is 0 Å². The van der Waals surface area contributed by atoms with Crippen molar-refractivity contribution in [3.8, 4) is 11.1 Å². The average Bonchev–Trinajstić information content (AvgIpc) is 3.20. The van der Waals surface area contributed by atoms with Crippen LogP contribution in [0.3, 0.4) is 0 Å². The van der Waals surface area contributed by atoms with Gasteiger partial charge in [0.15, 0.2) is 0 Å². The highest BCUT2D eigenvalue weighted by atomic mass is 16.5. The van der Waals surface area contributed by atoms with Crippen molar-refractivity contribution in [2.24, 2.45) is 5.92 Å². The minimum absolute atomic E-state index is 0.00870. The molecule has 0 aromatic heterocycles. The Morgan fingerprint density at radius 3 is 2.40 bits per heavy atom. The lowest BCUT2D eigenvalue weighted by Crippen LogP contribution is -2.47. The number of carboxylic acid groups (broad SMARTS) is 1. The first kappa shape index (κ1) is 25.6. The number of unbranched alkanes of at least 4 members (excludes halogenated alkanes) is 1. The molecule has 0 radical (unpaired) electrons. The minimum atomic E-state index is -0.743. The Labute approximate surface area is 209 Å². The minimum Gasteiger partial charge on any atom is -0.481 e. The molecule has 1 aliphatic heterocycles. The molecule has 2 fully saturated rings. The van der Waals surface area contributed by atoms with Gasteiger partial charge in [-0.3, -0.25) is 9.69 Å². The first-order valence-electron chi connectivity index (χ1n) is 13.2. The van der Waals surface area contributed by atoms with Crippen molar-refractivity contribution in [3.63, 3.8) is 0 Å². The lowest BCUT2D eigenvalue weighted by atomic mass is 9.93. The maximum absolute atomic E-state index is 11.0. The molecule has 35 heavy (non-hydrogen) atoms. The second-order valence-electron chi connectivity index (χ2n) is 9.96. The highest BCUT2D eigenvalue weighted by Gasteiger charge is 2.45. The molecular formula is C30H39NO4. The van der Waals surface area contributed by atoms with Crippen LogP contribution in [0.5, 0.6) is 0 Å². The van der Waals surface area contributed by atoms with Crippen molar-refractivity contribution >= 4 is 5.97 Å². The average molecular weight is 478 g/mol. The van der Waals surface area contributed by atoms with E-state index in [0.717, 1.165) is 31.5 Å². The number of benzene rings is 2. The van der Waals surface area contributed by atoms with Crippen LogP contribution < -0.4 is 0 Å². The number of carboxylic acids is 1. The summed E-state index contributed by atoms with van der Waals surface area (Å²) in [7, 11) is 0. The van der Waals surface area contributed by atoms with E-state index in [-0.39, 0.29) is 30.6 Å². The summed E-state index contributed by atoms with van der Waals surface area (Å²) in [6.45, 7) is 2.64. The molecule has 4 atom stereocenters. The zero-order valence-corrected chi connectivity index (χ0v) is 20.6. The number of piperidine rings is 1. The topological polar surface area (TPSA) is 70.0 Å². The van der Waals surface area contributed by atoms with Gasteiger partial charge in [-0.25, -0.2) is 0 Å². The van der Waals surface area contributed by atoms with Crippen LogP contribution >= 0.6 is 0 Å². The maximum atomic E-state index is 11.0. The van der Waals surface area contributed by atoms with Crippen molar-refractivity contribution in [3.05, 3.63) is 72.3 Å². The fourth-order valence-electron chi connectivity index (χ4n) is 5.64. The fourth-order valence-corrected chi connectivity index (χ4v) is 5.64.